The van der Waals surface area contributed by atoms with Gasteiger partial charge in [-0.1, -0.05) is 48.5 Å². The highest BCUT2D eigenvalue weighted by atomic mass is 16.5. The van der Waals surface area contributed by atoms with Crippen LogP contribution in [0.25, 0.3) is 10.8 Å². The fourth-order valence-corrected chi connectivity index (χ4v) is 2.31. The molecule has 0 atom stereocenters. The van der Waals surface area contributed by atoms with Crippen LogP contribution in [0.5, 0.6) is 5.75 Å². The van der Waals surface area contributed by atoms with Crippen molar-refractivity contribution in [2.45, 2.75) is 6.42 Å². The van der Waals surface area contributed by atoms with Crippen molar-refractivity contribution in [3.8, 4) is 5.75 Å². The molecule has 106 valence electrons. The van der Waals surface area contributed by atoms with E-state index in [0.717, 1.165) is 31.0 Å². The quantitative estimate of drug-likeness (QED) is 0.658. The van der Waals surface area contributed by atoms with Gasteiger partial charge in [0.25, 0.3) is 0 Å². The Hall–Kier alpha value is -2.48. The summed E-state index contributed by atoms with van der Waals surface area (Å²) < 4.78 is 5.81. The Morgan fingerprint density at radius 2 is 1.52 bits per heavy atom. The summed E-state index contributed by atoms with van der Waals surface area (Å²) in [5.74, 6) is 0.938. The predicted octanol–water partition coefficient (Wildman–Crippen LogP) is 4.72. The summed E-state index contributed by atoms with van der Waals surface area (Å²) in [5, 5.41) is 5.85. The highest BCUT2D eigenvalue weighted by Gasteiger charge is 1.97. The van der Waals surface area contributed by atoms with Crippen molar-refractivity contribution >= 4 is 16.5 Å². The average molecular weight is 277 g/mol. The summed E-state index contributed by atoms with van der Waals surface area (Å²) in [6, 6.07) is 24.8. The maximum Gasteiger partial charge on any atom is 0.119 e. The summed E-state index contributed by atoms with van der Waals surface area (Å²) >= 11 is 0. The number of hydrogen-bond donors (Lipinski definition) is 1. The fourth-order valence-electron chi connectivity index (χ4n) is 2.31. The van der Waals surface area contributed by atoms with E-state index >= 15 is 0 Å². The second-order valence-corrected chi connectivity index (χ2v) is 5.00. The third kappa shape index (κ3) is 3.76. The summed E-state index contributed by atoms with van der Waals surface area (Å²) in [4.78, 5) is 0. The molecule has 21 heavy (non-hydrogen) atoms. The molecule has 2 heteroatoms. The monoisotopic (exact) mass is 277 g/mol. The van der Waals surface area contributed by atoms with Crippen molar-refractivity contribution in [1.29, 1.82) is 0 Å². The number of anilines is 1. The number of ether oxygens (including phenoxy) is 1. The fraction of sp³-hybridized carbons (Fsp3) is 0.158. The van der Waals surface area contributed by atoms with Crippen molar-refractivity contribution in [3.05, 3.63) is 72.8 Å². The highest BCUT2D eigenvalue weighted by molar-refractivity contribution is 5.83. The van der Waals surface area contributed by atoms with Crippen molar-refractivity contribution in [3.63, 3.8) is 0 Å². The Bertz CT molecular complexity index is 694. The second kappa shape index (κ2) is 6.80. The zero-order valence-corrected chi connectivity index (χ0v) is 12.0. The third-order valence-electron chi connectivity index (χ3n) is 3.41. The van der Waals surface area contributed by atoms with E-state index in [1.165, 1.54) is 10.8 Å². The van der Waals surface area contributed by atoms with Crippen LogP contribution in [-0.2, 0) is 0 Å². The zero-order chi connectivity index (χ0) is 14.3. The molecule has 0 aliphatic heterocycles. The molecular formula is C19H19NO. The van der Waals surface area contributed by atoms with Gasteiger partial charge >= 0.3 is 0 Å². The summed E-state index contributed by atoms with van der Waals surface area (Å²) in [6.45, 7) is 1.63. The smallest absolute Gasteiger partial charge is 0.119 e. The first-order valence-electron chi connectivity index (χ1n) is 7.32. The molecule has 3 aromatic carbocycles. The molecule has 0 aromatic heterocycles. The summed E-state index contributed by atoms with van der Waals surface area (Å²) in [5.41, 5.74) is 1.16. The van der Waals surface area contributed by atoms with Crippen LogP contribution in [0.3, 0.4) is 0 Å². The van der Waals surface area contributed by atoms with E-state index in [1.54, 1.807) is 0 Å². The van der Waals surface area contributed by atoms with Gasteiger partial charge in [-0.05, 0) is 41.5 Å². The summed E-state index contributed by atoms with van der Waals surface area (Å²) in [7, 11) is 0. The zero-order valence-electron chi connectivity index (χ0n) is 12.0. The topological polar surface area (TPSA) is 21.3 Å². The van der Waals surface area contributed by atoms with Crippen molar-refractivity contribution < 1.29 is 4.74 Å². The van der Waals surface area contributed by atoms with Gasteiger partial charge in [-0.15, -0.1) is 0 Å². The molecule has 0 heterocycles. The minimum Gasteiger partial charge on any atom is -0.494 e. The van der Waals surface area contributed by atoms with Crippen LogP contribution in [0.2, 0.25) is 0 Å². The van der Waals surface area contributed by atoms with Crippen LogP contribution in [0.4, 0.5) is 5.69 Å². The highest BCUT2D eigenvalue weighted by Crippen LogP contribution is 2.20. The molecule has 3 rings (SSSR count). The van der Waals surface area contributed by atoms with E-state index in [9.17, 15) is 0 Å². The summed E-state index contributed by atoms with van der Waals surface area (Å²) in [6.07, 6.45) is 0.974. The van der Waals surface area contributed by atoms with Crippen LogP contribution in [0, 0.1) is 0 Å². The van der Waals surface area contributed by atoms with Crippen molar-refractivity contribution in [1.82, 2.24) is 0 Å². The van der Waals surface area contributed by atoms with Gasteiger partial charge in [0, 0.05) is 12.2 Å². The maximum atomic E-state index is 5.81. The van der Waals surface area contributed by atoms with Gasteiger partial charge in [0.2, 0.25) is 0 Å². The number of benzene rings is 3. The molecule has 2 nitrogen and oxygen atoms in total. The SMILES string of the molecule is c1ccc(NCCCOc2ccc3ccccc3c2)cc1. The van der Waals surface area contributed by atoms with Crippen LogP contribution in [0.1, 0.15) is 6.42 Å². The van der Waals surface area contributed by atoms with E-state index in [-0.39, 0.29) is 0 Å². The molecule has 0 unspecified atom stereocenters. The Kier molecular flexibility index (Phi) is 4.37. The first-order chi connectivity index (χ1) is 10.4. The van der Waals surface area contributed by atoms with Gasteiger partial charge in [0.15, 0.2) is 0 Å². The van der Waals surface area contributed by atoms with Crippen LogP contribution in [0.15, 0.2) is 72.8 Å². The standard InChI is InChI=1S/C19H19NO/c1-2-9-18(10-3-1)20-13-6-14-21-19-12-11-16-7-4-5-8-17(16)15-19/h1-5,7-12,15,20H,6,13-14H2. The Balaban J connectivity index is 1.46. The lowest BCUT2D eigenvalue weighted by atomic mass is 10.1. The minimum absolute atomic E-state index is 0.720. The molecule has 1 N–H and O–H groups in total. The number of nitrogens with one attached hydrogen (secondary N) is 1. The van der Waals surface area contributed by atoms with E-state index in [2.05, 4.69) is 53.8 Å². The number of para-hydroxylation sites is 1. The normalized spacial score (nSPS) is 10.5. The van der Waals surface area contributed by atoms with Crippen molar-refractivity contribution in [2.24, 2.45) is 0 Å². The Morgan fingerprint density at radius 1 is 0.762 bits per heavy atom. The molecule has 0 saturated heterocycles. The van der Waals surface area contributed by atoms with Crippen LogP contribution >= 0.6 is 0 Å². The van der Waals surface area contributed by atoms with Gasteiger partial charge in [-0.25, -0.2) is 0 Å². The van der Waals surface area contributed by atoms with Gasteiger partial charge in [0.1, 0.15) is 5.75 Å². The maximum absolute atomic E-state index is 5.81. The number of rotatable bonds is 6. The van der Waals surface area contributed by atoms with Crippen LogP contribution in [-0.4, -0.2) is 13.2 Å². The van der Waals surface area contributed by atoms with E-state index in [0.29, 0.717) is 0 Å². The molecule has 0 aliphatic carbocycles. The molecule has 0 bridgehead atoms. The van der Waals surface area contributed by atoms with Crippen LogP contribution < -0.4 is 10.1 Å². The molecule has 0 amide bonds. The molecule has 0 radical (unpaired) electrons. The lowest BCUT2D eigenvalue weighted by Crippen LogP contribution is -2.07. The number of fused-ring (bicyclic) bond motifs is 1. The molecular weight excluding hydrogens is 258 g/mol. The van der Waals surface area contributed by atoms with Gasteiger partial charge in [-0.3, -0.25) is 0 Å². The first-order valence-corrected chi connectivity index (χ1v) is 7.32. The average Bonchev–Trinajstić information content (AvgIpc) is 2.55. The predicted molar refractivity (Wildman–Crippen MR) is 89.0 cm³/mol. The van der Waals surface area contributed by atoms with E-state index in [4.69, 9.17) is 4.74 Å². The first kappa shape index (κ1) is 13.5. The lowest BCUT2D eigenvalue weighted by Gasteiger charge is -2.09. The largest absolute Gasteiger partial charge is 0.494 e. The molecule has 0 aliphatic rings. The minimum atomic E-state index is 0.720. The second-order valence-electron chi connectivity index (χ2n) is 5.00. The lowest BCUT2D eigenvalue weighted by molar-refractivity contribution is 0.315. The molecule has 0 saturated carbocycles. The van der Waals surface area contributed by atoms with E-state index < -0.39 is 0 Å². The van der Waals surface area contributed by atoms with E-state index in [1.807, 2.05) is 24.3 Å². The third-order valence-corrected chi connectivity index (χ3v) is 3.41. The number of hydrogen-bond acceptors (Lipinski definition) is 2. The molecule has 0 fully saturated rings. The molecule has 0 spiro atoms. The van der Waals surface area contributed by atoms with Gasteiger partial charge in [0.05, 0.1) is 6.61 Å². The molecule has 3 aromatic rings. The Labute approximate surface area is 125 Å². The Morgan fingerprint density at radius 3 is 2.38 bits per heavy atom. The van der Waals surface area contributed by atoms with Gasteiger partial charge < -0.3 is 10.1 Å². The van der Waals surface area contributed by atoms with Gasteiger partial charge in [-0.2, -0.15) is 0 Å². The van der Waals surface area contributed by atoms with Crippen molar-refractivity contribution in [2.75, 3.05) is 18.5 Å².